The smallest absolute Gasteiger partial charge is 0.219 e. The summed E-state index contributed by atoms with van der Waals surface area (Å²) in [7, 11) is 0. The number of H-pyrrole nitrogens is 1. The van der Waals surface area contributed by atoms with E-state index in [-0.39, 0.29) is 6.61 Å². The van der Waals surface area contributed by atoms with Crippen molar-refractivity contribution in [3.05, 3.63) is 91.1 Å². The Balaban J connectivity index is 1.27. The van der Waals surface area contributed by atoms with Crippen molar-refractivity contribution in [1.29, 1.82) is 0 Å². The van der Waals surface area contributed by atoms with Crippen LogP contribution in [-0.4, -0.2) is 40.9 Å². The number of ether oxygens (including phenoxy) is 2. The van der Waals surface area contributed by atoms with E-state index in [9.17, 15) is 5.11 Å². The second-order valence-electron chi connectivity index (χ2n) is 9.38. The molecule has 6 nitrogen and oxygen atoms in total. The fourth-order valence-electron chi connectivity index (χ4n) is 4.46. The first kappa shape index (κ1) is 23.7. The molecular formula is C30H31N3O3. The van der Waals surface area contributed by atoms with Crippen molar-refractivity contribution >= 4 is 27.5 Å². The van der Waals surface area contributed by atoms with Gasteiger partial charge in [-0.25, -0.2) is 4.98 Å². The number of fused-ring (bicyclic) bond motifs is 3. The Kier molecular flexibility index (Phi) is 7.05. The summed E-state index contributed by atoms with van der Waals surface area (Å²) in [6.45, 7) is 5.82. The topological polar surface area (TPSA) is 70.6 Å². The SMILES string of the molecule is CC(C)CN(C[C@H](O)COc1cccc2[nH]c3ccccc3c12)c1ccc(Oc2ccccn2)cc1. The number of hydrogen-bond donors (Lipinski definition) is 2. The molecule has 0 amide bonds. The molecule has 0 aliphatic heterocycles. The molecule has 5 aromatic rings. The predicted molar refractivity (Wildman–Crippen MR) is 145 cm³/mol. The lowest BCUT2D eigenvalue weighted by atomic mass is 10.1. The van der Waals surface area contributed by atoms with E-state index >= 15 is 0 Å². The Bertz CT molecular complexity index is 1410. The Morgan fingerprint density at radius 3 is 2.42 bits per heavy atom. The number of aromatic amines is 1. The normalized spacial score (nSPS) is 12.2. The van der Waals surface area contributed by atoms with Gasteiger partial charge in [-0.2, -0.15) is 0 Å². The average Bonchev–Trinajstić information content (AvgIpc) is 3.27. The maximum absolute atomic E-state index is 10.9. The standard InChI is InChI=1S/C30H31N3O3/c1-21(2)18-33(22-13-15-24(16-14-22)36-29-12-5-6-17-31-29)19-23(34)20-35-28-11-7-10-27-30(28)25-8-3-4-9-26(25)32-27/h3-17,21,23,32,34H,18-20H2,1-2H3/t23-/m0/s1. The highest BCUT2D eigenvalue weighted by Crippen LogP contribution is 2.33. The van der Waals surface area contributed by atoms with Crippen molar-refractivity contribution in [3.63, 3.8) is 0 Å². The van der Waals surface area contributed by atoms with Gasteiger partial charge in [-0.3, -0.25) is 0 Å². The first-order valence-corrected chi connectivity index (χ1v) is 12.3. The van der Waals surface area contributed by atoms with Gasteiger partial charge in [0.1, 0.15) is 24.2 Å². The van der Waals surface area contributed by atoms with Crippen molar-refractivity contribution in [2.75, 3.05) is 24.6 Å². The highest BCUT2D eigenvalue weighted by Gasteiger charge is 2.16. The number of para-hydroxylation sites is 1. The summed E-state index contributed by atoms with van der Waals surface area (Å²) >= 11 is 0. The zero-order valence-electron chi connectivity index (χ0n) is 20.6. The summed E-state index contributed by atoms with van der Waals surface area (Å²) in [5.74, 6) is 2.48. The molecule has 0 saturated carbocycles. The second-order valence-corrected chi connectivity index (χ2v) is 9.38. The van der Waals surface area contributed by atoms with Crippen LogP contribution in [0, 0.1) is 5.92 Å². The van der Waals surface area contributed by atoms with Gasteiger partial charge < -0.3 is 24.5 Å². The van der Waals surface area contributed by atoms with Gasteiger partial charge in [0.05, 0.1) is 5.52 Å². The van der Waals surface area contributed by atoms with E-state index in [2.05, 4.69) is 40.8 Å². The maximum atomic E-state index is 10.9. The van der Waals surface area contributed by atoms with Gasteiger partial charge in [-0.1, -0.05) is 44.2 Å². The van der Waals surface area contributed by atoms with E-state index in [1.54, 1.807) is 6.20 Å². The van der Waals surface area contributed by atoms with Crippen LogP contribution < -0.4 is 14.4 Å². The van der Waals surface area contributed by atoms with Gasteiger partial charge in [-0.15, -0.1) is 0 Å². The molecule has 1 atom stereocenters. The summed E-state index contributed by atoms with van der Waals surface area (Å²) in [5.41, 5.74) is 3.12. The van der Waals surface area contributed by atoms with Gasteiger partial charge >= 0.3 is 0 Å². The highest BCUT2D eigenvalue weighted by molar-refractivity contribution is 6.10. The molecule has 0 bridgehead atoms. The third kappa shape index (κ3) is 5.44. The molecule has 2 aromatic heterocycles. The molecule has 5 rings (SSSR count). The van der Waals surface area contributed by atoms with E-state index in [1.807, 2.05) is 72.8 Å². The molecular weight excluding hydrogens is 450 g/mol. The van der Waals surface area contributed by atoms with E-state index in [4.69, 9.17) is 9.47 Å². The number of rotatable bonds is 10. The summed E-state index contributed by atoms with van der Waals surface area (Å²) in [5, 5.41) is 13.1. The fourth-order valence-corrected chi connectivity index (χ4v) is 4.46. The fraction of sp³-hybridized carbons (Fsp3) is 0.233. The quantitative estimate of drug-likeness (QED) is 0.241. The van der Waals surface area contributed by atoms with Crippen LogP contribution in [0.5, 0.6) is 17.4 Å². The zero-order valence-corrected chi connectivity index (χ0v) is 20.6. The average molecular weight is 482 g/mol. The first-order valence-electron chi connectivity index (χ1n) is 12.3. The summed E-state index contributed by atoms with van der Waals surface area (Å²) in [4.78, 5) is 9.83. The molecule has 0 spiro atoms. The second kappa shape index (κ2) is 10.7. The number of nitrogens with zero attached hydrogens (tertiary/aromatic N) is 2. The molecule has 2 N–H and O–H groups in total. The summed E-state index contributed by atoms with van der Waals surface area (Å²) in [6.07, 6.45) is 1.05. The van der Waals surface area contributed by atoms with Gasteiger partial charge in [0.2, 0.25) is 5.88 Å². The Labute approximate surface area is 211 Å². The molecule has 0 saturated heterocycles. The monoisotopic (exact) mass is 481 g/mol. The molecule has 0 fully saturated rings. The Hall–Kier alpha value is -4.03. The summed E-state index contributed by atoms with van der Waals surface area (Å²) in [6, 6.07) is 27.6. The van der Waals surface area contributed by atoms with Crippen LogP contribution in [0.3, 0.4) is 0 Å². The minimum atomic E-state index is -0.659. The van der Waals surface area contributed by atoms with Gasteiger partial charge in [0, 0.05) is 47.3 Å². The van der Waals surface area contributed by atoms with Crippen LogP contribution in [0.1, 0.15) is 13.8 Å². The zero-order chi connectivity index (χ0) is 24.9. The molecule has 36 heavy (non-hydrogen) atoms. The molecule has 0 unspecified atom stereocenters. The van der Waals surface area contributed by atoms with Crippen LogP contribution in [0.2, 0.25) is 0 Å². The number of nitrogens with one attached hydrogen (secondary N) is 1. The number of anilines is 1. The van der Waals surface area contributed by atoms with Gasteiger partial charge in [0.15, 0.2) is 0 Å². The molecule has 0 aliphatic rings. The highest BCUT2D eigenvalue weighted by atomic mass is 16.5. The van der Waals surface area contributed by atoms with Crippen molar-refractivity contribution < 1.29 is 14.6 Å². The minimum absolute atomic E-state index is 0.202. The summed E-state index contributed by atoms with van der Waals surface area (Å²) < 4.78 is 12.0. The van der Waals surface area contributed by atoms with E-state index in [1.165, 1.54) is 0 Å². The van der Waals surface area contributed by atoms with Crippen molar-refractivity contribution in [3.8, 4) is 17.4 Å². The number of aliphatic hydroxyl groups is 1. The molecule has 0 aliphatic carbocycles. The molecule has 3 aromatic carbocycles. The van der Waals surface area contributed by atoms with E-state index in [0.717, 1.165) is 45.5 Å². The molecule has 0 radical (unpaired) electrons. The number of benzene rings is 3. The Morgan fingerprint density at radius 1 is 0.861 bits per heavy atom. The molecule has 184 valence electrons. The largest absolute Gasteiger partial charge is 0.490 e. The lowest BCUT2D eigenvalue weighted by molar-refractivity contribution is 0.112. The van der Waals surface area contributed by atoms with Crippen LogP contribution >= 0.6 is 0 Å². The molecule has 2 heterocycles. The minimum Gasteiger partial charge on any atom is -0.490 e. The number of pyridine rings is 1. The third-order valence-electron chi connectivity index (χ3n) is 6.00. The van der Waals surface area contributed by atoms with Crippen LogP contribution in [-0.2, 0) is 0 Å². The van der Waals surface area contributed by atoms with Crippen molar-refractivity contribution in [1.82, 2.24) is 9.97 Å². The first-order chi connectivity index (χ1) is 17.6. The van der Waals surface area contributed by atoms with Crippen LogP contribution in [0.4, 0.5) is 5.69 Å². The van der Waals surface area contributed by atoms with Crippen LogP contribution in [0.25, 0.3) is 21.8 Å². The van der Waals surface area contributed by atoms with Crippen molar-refractivity contribution in [2.45, 2.75) is 20.0 Å². The number of aliphatic hydroxyl groups excluding tert-OH is 1. The van der Waals surface area contributed by atoms with Crippen molar-refractivity contribution in [2.24, 2.45) is 5.92 Å². The van der Waals surface area contributed by atoms with Gasteiger partial charge in [-0.05, 0) is 54.4 Å². The molecule has 6 heteroatoms. The predicted octanol–water partition coefficient (Wildman–Crippen LogP) is 6.41. The van der Waals surface area contributed by atoms with Gasteiger partial charge in [0.25, 0.3) is 0 Å². The van der Waals surface area contributed by atoms with Crippen LogP contribution in [0.15, 0.2) is 91.1 Å². The Morgan fingerprint density at radius 2 is 1.64 bits per heavy atom. The number of hydrogen-bond acceptors (Lipinski definition) is 5. The van der Waals surface area contributed by atoms with E-state index < -0.39 is 6.10 Å². The third-order valence-corrected chi connectivity index (χ3v) is 6.00. The lowest BCUT2D eigenvalue weighted by Crippen LogP contribution is -2.37. The maximum Gasteiger partial charge on any atom is 0.219 e. The lowest BCUT2D eigenvalue weighted by Gasteiger charge is -2.29. The van der Waals surface area contributed by atoms with E-state index in [0.29, 0.717) is 18.3 Å². The number of aromatic nitrogens is 2.